The van der Waals surface area contributed by atoms with E-state index in [-0.39, 0.29) is 11.8 Å². The number of hydrogen-bond donors (Lipinski definition) is 3. The normalized spacial score (nSPS) is 20.9. The topological polar surface area (TPSA) is 104 Å². The highest BCUT2D eigenvalue weighted by Gasteiger charge is 2.39. The highest BCUT2D eigenvalue weighted by atomic mass is 16.4. The Morgan fingerprint density at radius 3 is 2.43 bits per heavy atom. The van der Waals surface area contributed by atoms with Crippen LogP contribution in [0.15, 0.2) is 24.3 Å². The number of piperidine rings is 1. The Bertz CT molecular complexity index is 750. The zero-order valence-electron chi connectivity index (χ0n) is 16.2. The van der Waals surface area contributed by atoms with Gasteiger partial charge in [-0.25, -0.2) is 5.10 Å². The second-order valence-electron chi connectivity index (χ2n) is 8.27. The predicted octanol–water partition coefficient (Wildman–Crippen LogP) is 2.88. The number of aromatic nitrogens is 4. The minimum absolute atomic E-state index is 0.196. The molecule has 0 radical (unpaired) electrons. The molecule has 2 heterocycles. The second-order valence-corrected chi connectivity index (χ2v) is 8.27. The van der Waals surface area contributed by atoms with Crippen LogP contribution in [-0.2, 0) is 11.2 Å². The third-order valence-electron chi connectivity index (χ3n) is 6.59. The number of nitrogens with zero attached hydrogens (tertiary/aromatic N) is 3. The molecule has 1 aliphatic heterocycles. The van der Waals surface area contributed by atoms with E-state index in [1.54, 1.807) is 0 Å². The maximum absolute atomic E-state index is 12.2. The molecule has 0 spiro atoms. The lowest BCUT2D eigenvalue weighted by molar-refractivity contribution is -0.144. The SMILES string of the molecule is O=C(O)[C@@H](C1CCCC1)[C@H](Cc1ccc(C2CCNCC2)cc1)c1nnn[nH]1. The third-order valence-corrected chi connectivity index (χ3v) is 6.59. The first-order valence-corrected chi connectivity index (χ1v) is 10.5. The average Bonchev–Trinajstić information content (AvgIpc) is 3.43. The van der Waals surface area contributed by atoms with Crippen molar-refractivity contribution in [3.05, 3.63) is 41.2 Å². The summed E-state index contributed by atoms with van der Waals surface area (Å²) in [5, 5.41) is 27.8. The van der Waals surface area contributed by atoms with Gasteiger partial charge < -0.3 is 10.4 Å². The van der Waals surface area contributed by atoms with Crippen LogP contribution in [0.2, 0.25) is 0 Å². The van der Waals surface area contributed by atoms with E-state index >= 15 is 0 Å². The van der Waals surface area contributed by atoms with Gasteiger partial charge in [-0.1, -0.05) is 37.1 Å². The molecule has 2 fully saturated rings. The van der Waals surface area contributed by atoms with Gasteiger partial charge >= 0.3 is 5.97 Å². The van der Waals surface area contributed by atoms with Crippen LogP contribution in [0, 0.1) is 11.8 Å². The molecule has 1 aromatic carbocycles. The number of H-pyrrole nitrogens is 1. The lowest BCUT2D eigenvalue weighted by Gasteiger charge is -2.27. The molecule has 1 saturated heterocycles. The summed E-state index contributed by atoms with van der Waals surface area (Å²) < 4.78 is 0. The van der Waals surface area contributed by atoms with E-state index in [1.165, 1.54) is 18.4 Å². The largest absolute Gasteiger partial charge is 0.481 e. The molecule has 7 heteroatoms. The van der Waals surface area contributed by atoms with Gasteiger partial charge in [0.2, 0.25) is 0 Å². The molecule has 150 valence electrons. The van der Waals surface area contributed by atoms with Crippen molar-refractivity contribution in [1.29, 1.82) is 0 Å². The summed E-state index contributed by atoms with van der Waals surface area (Å²) in [5.74, 6) is -0.0283. The highest BCUT2D eigenvalue weighted by molar-refractivity contribution is 5.71. The van der Waals surface area contributed by atoms with Crippen molar-refractivity contribution in [3.8, 4) is 0 Å². The summed E-state index contributed by atoms with van der Waals surface area (Å²) in [6.45, 7) is 2.16. The molecule has 2 aromatic rings. The number of rotatable bonds is 7. The van der Waals surface area contributed by atoms with E-state index < -0.39 is 11.9 Å². The predicted molar refractivity (Wildman–Crippen MR) is 105 cm³/mol. The molecule has 1 aliphatic carbocycles. The third kappa shape index (κ3) is 4.24. The molecule has 28 heavy (non-hydrogen) atoms. The van der Waals surface area contributed by atoms with Gasteiger partial charge in [0.05, 0.1) is 5.92 Å². The van der Waals surface area contributed by atoms with E-state index in [0.717, 1.165) is 44.3 Å². The van der Waals surface area contributed by atoms with Crippen LogP contribution in [0.4, 0.5) is 0 Å². The molecule has 2 aliphatic rings. The molecule has 0 bridgehead atoms. The summed E-state index contributed by atoms with van der Waals surface area (Å²) >= 11 is 0. The second kappa shape index (κ2) is 8.82. The van der Waals surface area contributed by atoms with Crippen LogP contribution in [0.1, 0.15) is 67.3 Å². The van der Waals surface area contributed by atoms with E-state index in [1.807, 2.05) is 0 Å². The molecule has 0 amide bonds. The maximum atomic E-state index is 12.2. The van der Waals surface area contributed by atoms with Crippen molar-refractivity contribution in [3.63, 3.8) is 0 Å². The zero-order chi connectivity index (χ0) is 19.3. The van der Waals surface area contributed by atoms with Crippen LogP contribution in [0.5, 0.6) is 0 Å². The van der Waals surface area contributed by atoms with E-state index in [9.17, 15) is 9.90 Å². The number of carboxylic acid groups (broad SMARTS) is 1. The van der Waals surface area contributed by atoms with Crippen LogP contribution in [-0.4, -0.2) is 44.8 Å². The number of carbonyl (C=O) groups is 1. The molecule has 1 saturated carbocycles. The summed E-state index contributed by atoms with van der Waals surface area (Å²) in [5.41, 5.74) is 2.53. The number of aliphatic carboxylic acids is 1. The monoisotopic (exact) mass is 383 g/mol. The average molecular weight is 383 g/mol. The Labute approximate surface area is 165 Å². The molecular formula is C21H29N5O2. The van der Waals surface area contributed by atoms with Crippen molar-refractivity contribution < 1.29 is 9.90 Å². The lowest BCUT2D eigenvalue weighted by atomic mass is 9.77. The minimum Gasteiger partial charge on any atom is -0.481 e. The van der Waals surface area contributed by atoms with Gasteiger partial charge in [0.25, 0.3) is 0 Å². The summed E-state index contributed by atoms with van der Waals surface area (Å²) in [7, 11) is 0. The van der Waals surface area contributed by atoms with Crippen molar-refractivity contribution in [1.82, 2.24) is 25.9 Å². The first-order valence-electron chi connectivity index (χ1n) is 10.5. The van der Waals surface area contributed by atoms with E-state index in [4.69, 9.17) is 0 Å². The Morgan fingerprint density at radius 2 is 1.82 bits per heavy atom. The Balaban J connectivity index is 1.54. The van der Waals surface area contributed by atoms with Gasteiger partial charge in [0, 0.05) is 5.92 Å². The van der Waals surface area contributed by atoms with Crippen molar-refractivity contribution in [2.75, 3.05) is 13.1 Å². The van der Waals surface area contributed by atoms with Crippen molar-refractivity contribution in [2.45, 2.75) is 56.8 Å². The molecule has 2 atom stereocenters. The number of tetrazole rings is 1. The van der Waals surface area contributed by atoms with Crippen LogP contribution >= 0.6 is 0 Å². The number of hydrogen-bond acceptors (Lipinski definition) is 5. The standard InChI is InChI=1S/C21H29N5O2/c27-21(28)19(17-3-1-2-4-17)18(20-23-25-26-24-20)13-14-5-7-15(8-6-14)16-9-11-22-12-10-16/h5-8,16-19,22H,1-4,9-13H2,(H,27,28)(H,23,24,25,26)/t18-,19-/m0/s1. The number of benzene rings is 1. The van der Waals surface area contributed by atoms with Gasteiger partial charge in [0.1, 0.15) is 0 Å². The number of carboxylic acids is 1. The minimum atomic E-state index is -0.736. The Kier molecular flexibility index (Phi) is 6.00. The molecular weight excluding hydrogens is 354 g/mol. The fraction of sp³-hybridized carbons (Fsp3) is 0.619. The Morgan fingerprint density at radius 1 is 1.11 bits per heavy atom. The van der Waals surface area contributed by atoms with Gasteiger partial charge in [0.15, 0.2) is 5.82 Å². The smallest absolute Gasteiger partial charge is 0.307 e. The molecule has 0 unspecified atom stereocenters. The first kappa shape index (κ1) is 19.1. The van der Waals surface area contributed by atoms with Crippen molar-refractivity contribution >= 4 is 5.97 Å². The molecule has 3 N–H and O–H groups in total. The fourth-order valence-electron chi connectivity index (χ4n) is 5.07. The quantitative estimate of drug-likeness (QED) is 0.679. The summed E-state index contributed by atoms with van der Waals surface area (Å²) in [4.78, 5) is 12.2. The number of nitrogens with one attached hydrogen (secondary N) is 2. The van der Waals surface area contributed by atoms with Gasteiger partial charge in [-0.05, 0) is 78.6 Å². The first-order chi connectivity index (χ1) is 13.7. The maximum Gasteiger partial charge on any atom is 0.307 e. The van der Waals surface area contributed by atoms with Crippen molar-refractivity contribution in [2.24, 2.45) is 11.8 Å². The fourth-order valence-corrected chi connectivity index (χ4v) is 5.07. The zero-order valence-corrected chi connectivity index (χ0v) is 16.2. The van der Waals surface area contributed by atoms with E-state index in [2.05, 4.69) is 50.2 Å². The summed E-state index contributed by atoms with van der Waals surface area (Å²) in [6, 6.07) is 8.74. The highest BCUT2D eigenvalue weighted by Crippen LogP contribution is 2.40. The van der Waals surface area contributed by atoms with E-state index in [0.29, 0.717) is 18.2 Å². The lowest BCUT2D eigenvalue weighted by Crippen LogP contribution is -2.30. The number of aromatic amines is 1. The molecule has 7 nitrogen and oxygen atoms in total. The van der Waals surface area contributed by atoms with Crippen LogP contribution in [0.3, 0.4) is 0 Å². The molecule has 1 aromatic heterocycles. The van der Waals surface area contributed by atoms with Crippen LogP contribution in [0.25, 0.3) is 0 Å². The van der Waals surface area contributed by atoms with Crippen LogP contribution < -0.4 is 5.32 Å². The Hall–Kier alpha value is -2.28. The summed E-state index contributed by atoms with van der Waals surface area (Å²) in [6.07, 6.45) is 7.16. The van der Waals surface area contributed by atoms with Gasteiger partial charge in [-0.15, -0.1) is 5.10 Å². The van der Waals surface area contributed by atoms with Gasteiger partial charge in [-0.2, -0.15) is 0 Å². The molecule has 4 rings (SSSR count). The van der Waals surface area contributed by atoms with Gasteiger partial charge in [-0.3, -0.25) is 4.79 Å².